The quantitative estimate of drug-likeness (QED) is 0.529. The van der Waals surface area contributed by atoms with Crippen molar-refractivity contribution in [2.24, 2.45) is 0 Å². The van der Waals surface area contributed by atoms with Crippen molar-refractivity contribution in [2.75, 3.05) is 0 Å². The zero-order valence-electron chi connectivity index (χ0n) is 14.4. The van der Waals surface area contributed by atoms with Crippen LogP contribution in [0.15, 0.2) is 91.0 Å². The van der Waals surface area contributed by atoms with E-state index in [1.807, 2.05) is 0 Å². The smallest absolute Gasteiger partial charge is 0.591 e. The molecule has 0 bridgehead atoms. The van der Waals surface area contributed by atoms with Gasteiger partial charge in [0.15, 0.2) is 15.9 Å². The van der Waals surface area contributed by atoms with Crippen LogP contribution in [0, 0.1) is 0 Å². The van der Waals surface area contributed by atoms with Gasteiger partial charge in [0.2, 0.25) is 0 Å². The van der Waals surface area contributed by atoms with E-state index in [1.165, 1.54) is 0 Å². The van der Waals surface area contributed by atoms with Gasteiger partial charge in [-0.2, -0.15) is 0 Å². The van der Waals surface area contributed by atoms with Gasteiger partial charge >= 0.3 is 41.4 Å². The Morgan fingerprint density at radius 1 is 0.429 bits per heavy atom. The van der Waals surface area contributed by atoms with Gasteiger partial charge in [0.25, 0.3) is 0 Å². The molecule has 0 N–H and O–H groups in total. The molecular weight excluding hydrogens is 457 g/mol. The molecule has 3 rings (SSSR count). The van der Waals surface area contributed by atoms with Crippen LogP contribution < -0.4 is 30.6 Å². The molecule has 0 aliphatic rings. The van der Waals surface area contributed by atoms with Crippen molar-refractivity contribution >= 4 is 40.0 Å². The average Bonchev–Trinajstić information content (AvgIpc) is 2.71. The fourth-order valence-electron chi connectivity index (χ4n) is 1.65. The molecule has 0 heterocycles. The Hall–Kier alpha value is -1.63. The van der Waals surface area contributed by atoms with Crippen LogP contribution in [0.3, 0.4) is 0 Å². The first-order valence-electron chi connectivity index (χ1n) is 7.50. The van der Waals surface area contributed by atoms with E-state index < -0.39 is 24.1 Å². The van der Waals surface area contributed by atoms with Crippen molar-refractivity contribution in [2.45, 2.75) is 0 Å². The molecule has 3 aromatic rings. The Morgan fingerprint density at radius 3 is 0.714 bits per heavy atom. The molecule has 3 aromatic carbocycles. The molecule has 0 fully saturated rings. The monoisotopic (exact) mass is 472 g/mol. The second-order valence-electron chi connectivity index (χ2n) is 4.78. The molecular formula is C18H15CrO6P3+3. The Morgan fingerprint density at radius 2 is 0.607 bits per heavy atom. The van der Waals surface area contributed by atoms with Crippen LogP contribution in [0.4, 0.5) is 0 Å². The summed E-state index contributed by atoms with van der Waals surface area (Å²) in [5, 5.41) is 1.10. The Labute approximate surface area is 176 Å². The first kappa shape index (κ1) is 26.4. The van der Waals surface area contributed by atoms with Crippen molar-refractivity contribution in [3.8, 4) is 0 Å². The molecule has 28 heavy (non-hydrogen) atoms. The molecule has 0 spiro atoms. The van der Waals surface area contributed by atoms with Gasteiger partial charge < -0.3 is 14.7 Å². The van der Waals surface area contributed by atoms with E-state index >= 15 is 0 Å². The second-order valence-corrected chi connectivity index (χ2v) is 7.87. The van der Waals surface area contributed by atoms with Gasteiger partial charge in [0.05, 0.1) is 0 Å². The van der Waals surface area contributed by atoms with Crippen LogP contribution in [0.1, 0.15) is 0 Å². The first-order valence-corrected chi connectivity index (χ1v) is 11.0. The first-order chi connectivity index (χ1) is 12.9. The van der Waals surface area contributed by atoms with E-state index in [4.69, 9.17) is 0 Å². The zero-order valence-corrected chi connectivity index (χ0v) is 18.3. The topological polar surface area (TPSA) is 120 Å². The minimum atomic E-state index is -2.40. The fourth-order valence-corrected chi connectivity index (χ4v) is 2.90. The van der Waals surface area contributed by atoms with Crippen molar-refractivity contribution < 1.29 is 45.7 Å². The van der Waals surface area contributed by atoms with Gasteiger partial charge in [-0.1, -0.05) is 68.3 Å². The maximum absolute atomic E-state index is 10.2. The number of benzene rings is 3. The molecule has 0 amide bonds. The molecule has 0 saturated carbocycles. The fraction of sp³-hybridized carbons (Fsp3) is 0. The van der Waals surface area contributed by atoms with Gasteiger partial charge in [-0.05, 0) is 36.4 Å². The van der Waals surface area contributed by atoms with E-state index in [1.54, 1.807) is 91.0 Å². The molecule has 0 aromatic heterocycles. The summed E-state index contributed by atoms with van der Waals surface area (Å²) in [7, 11) is -7.19. The molecule has 1 radical (unpaired) electrons. The maximum atomic E-state index is 10.2. The SMILES string of the molecule is O=[P+]([O-])c1ccccc1.O=[P+]([O-])c1ccccc1.O=[P+]([O-])c1ccccc1.[Cr+3]. The number of hydrogen-bond donors (Lipinski definition) is 0. The summed E-state index contributed by atoms with van der Waals surface area (Å²) in [6.45, 7) is 0. The third-order valence-corrected chi connectivity index (χ3v) is 5.06. The van der Waals surface area contributed by atoms with Gasteiger partial charge in [0.1, 0.15) is 0 Å². The van der Waals surface area contributed by atoms with Crippen LogP contribution in [-0.4, -0.2) is 0 Å². The van der Waals surface area contributed by atoms with Crippen LogP contribution >= 0.6 is 24.1 Å². The summed E-state index contributed by atoms with van der Waals surface area (Å²) in [6, 6.07) is 24.9. The average molecular weight is 472 g/mol. The van der Waals surface area contributed by atoms with Crippen molar-refractivity contribution in [3.05, 3.63) is 91.0 Å². The van der Waals surface area contributed by atoms with Gasteiger partial charge in [-0.15, -0.1) is 0 Å². The third-order valence-electron chi connectivity index (χ3n) is 2.90. The summed E-state index contributed by atoms with van der Waals surface area (Å²) in [5.74, 6) is 0. The summed E-state index contributed by atoms with van der Waals surface area (Å²) in [4.78, 5) is 30.7. The van der Waals surface area contributed by atoms with E-state index in [0.29, 0.717) is 15.9 Å². The van der Waals surface area contributed by atoms with Crippen molar-refractivity contribution in [3.63, 3.8) is 0 Å². The van der Waals surface area contributed by atoms with Crippen molar-refractivity contribution in [1.29, 1.82) is 0 Å². The van der Waals surface area contributed by atoms with Crippen LogP contribution in [0.5, 0.6) is 0 Å². The maximum Gasteiger partial charge on any atom is 3.00 e. The Balaban J connectivity index is 0.000000384. The summed E-state index contributed by atoms with van der Waals surface area (Å²) in [5.41, 5.74) is 0. The van der Waals surface area contributed by atoms with E-state index in [0.717, 1.165) is 0 Å². The van der Waals surface area contributed by atoms with Crippen LogP contribution in [-0.2, 0) is 31.1 Å². The third kappa shape index (κ3) is 11.3. The summed E-state index contributed by atoms with van der Waals surface area (Å²) >= 11 is 0. The van der Waals surface area contributed by atoms with E-state index in [9.17, 15) is 28.4 Å². The number of rotatable bonds is 3. The van der Waals surface area contributed by atoms with Gasteiger partial charge in [-0.3, -0.25) is 0 Å². The van der Waals surface area contributed by atoms with E-state index in [2.05, 4.69) is 0 Å². The predicted octanol–water partition coefficient (Wildman–Crippen LogP) is 1.24. The number of hydrogen-bond acceptors (Lipinski definition) is 6. The molecule has 0 aliphatic carbocycles. The molecule has 0 saturated heterocycles. The standard InChI is InChI=1S/3C6H5O2P.Cr/c3*7-9(8)6-4-2-1-3-5-6;/h3*1-5H;/q;;;+3. The molecule has 0 aliphatic heterocycles. The summed E-state index contributed by atoms with van der Waals surface area (Å²) < 4.78 is 30.7. The molecule has 3 atom stereocenters. The molecule has 6 nitrogen and oxygen atoms in total. The largest absolute Gasteiger partial charge is 3.00 e. The van der Waals surface area contributed by atoms with Crippen LogP contribution in [0.25, 0.3) is 0 Å². The molecule has 10 heteroatoms. The van der Waals surface area contributed by atoms with Crippen molar-refractivity contribution in [1.82, 2.24) is 0 Å². The minimum absolute atomic E-state index is 0. The Bertz CT molecular complexity index is 747. The Kier molecular flexibility index (Phi) is 14.4. The van der Waals surface area contributed by atoms with E-state index in [-0.39, 0.29) is 17.4 Å². The zero-order chi connectivity index (χ0) is 20.1. The minimum Gasteiger partial charge on any atom is -0.591 e. The normalized spacial score (nSPS) is 10.6. The summed E-state index contributed by atoms with van der Waals surface area (Å²) in [6.07, 6.45) is 0. The second kappa shape index (κ2) is 15.3. The van der Waals surface area contributed by atoms with Crippen LogP contribution in [0.2, 0.25) is 0 Å². The van der Waals surface area contributed by atoms with Gasteiger partial charge in [-0.25, -0.2) is 0 Å². The predicted molar refractivity (Wildman–Crippen MR) is 101 cm³/mol. The van der Waals surface area contributed by atoms with Gasteiger partial charge in [0, 0.05) is 0 Å². The molecule has 141 valence electrons. The molecule has 3 unspecified atom stereocenters.